The number of benzene rings is 3. The minimum atomic E-state index is -4.42. The number of hydrogen-bond acceptors (Lipinski definition) is 2. The quantitative estimate of drug-likeness (QED) is 0.514. The van der Waals surface area contributed by atoms with E-state index in [1.807, 2.05) is 6.07 Å². The van der Waals surface area contributed by atoms with E-state index in [4.69, 9.17) is 21.4 Å². The molecule has 1 N–H and O–H groups in total. The van der Waals surface area contributed by atoms with Crippen LogP contribution in [0.15, 0.2) is 66.7 Å². The Kier molecular flexibility index (Phi) is 6.13. The Labute approximate surface area is 170 Å². The van der Waals surface area contributed by atoms with Gasteiger partial charge >= 0.3 is 12.1 Å². The lowest BCUT2D eigenvalue weighted by Gasteiger charge is -2.13. The summed E-state index contributed by atoms with van der Waals surface area (Å²) >= 11 is 6.12. The highest BCUT2D eigenvalue weighted by atomic mass is 35.5. The van der Waals surface area contributed by atoms with Crippen LogP contribution in [-0.2, 0) is 24.0 Å². The predicted molar refractivity (Wildman–Crippen MR) is 104 cm³/mol. The predicted octanol–water partition coefficient (Wildman–Crippen LogP) is 6.23. The maximum absolute atomic E-state index is 12.8. The first-order valence-electron chi connectivity index (χ1n) is 8.62. The second kappa shape index (κ2) is 8.57. The number of carbonyl (C=O) groups is 1. The van der Waals surface area contributed by atoms with Crippen molar-refractivity contribution in [2.24, 2.45) is 0 Å². The number of carboxylic acid groups (broad SMARTS) is 1. The van der Waals surface area contributed by atoms with Gasteiger partial charge in [-0.25, -0.2) is 0 Å². The van der Waals surface area contributed by atoms with Crippen LogP contribution in [0.5, 0.6) is 5.75 Å². The molecule has 3 aromatic rings. The standard InChI is InChI=1S/C22H16ClF3O3/c23-20-4-2-1-3-16(20)13-29-19-10-14(11-21(27)28)9-17(12-19)15-5-7-18(8-6-15)22(24,25)26/h1-10,12H,11,13H2,(H,27,28). The van der Waals surface area contributed by atoms with Gasteiger partial charge < -0.3 is 9.84 Å². The Morgan fingerprint density at radius 3 is 2.28 bits per heavy atom. The lowest BCUT2D eigenvalue weighted by Crippen LogP contribution is -2.04. The summed E-state index contributed by atoms with van der Waals surface area (Å²) in [6, 6.07) is 16.7. The van der Waals surface area contributed by atoms with Crippen LogP contribution in [0.1, 0.15) is 16.7 Å². The summed E-state index contributed by atoms with van der Waals surface area (Å²) in [5.74, 6) is -0.620. The van der Waals surface area contributed by atoms with Crippen LogP contribution in [-0.4, -0.2) is 11.1 Å². The number of rotatable bonds is 6. The second-order valence-corrected chi connectivity index (χ2v) is 6.80. The Balaban J connectivity index is 1.91. The monoisotopic (exact) mass is 420 g/mol. The van der Waals surface area contributed by atoms with Gasteiger partial charge in [-0.3, -0.25) is 4.79 Å². The van der Waals surface area contributed by atoms with Gasteiger partial charge in [-0.05, 0) is 47.0 Å². The number of aliphatic carboxylic acids is 1. The molecule has 29 heavy (non-hydrogen) atoms. The SMILES string of the molecule is O=C(O)Cc1cc(OCc2ccccc2Cl)cc(-c2ccc(C(F)(F)F)cc2)c1. The number of halogens is 4. The largest absolute Gasteiger partial charge is 0.489 e. The maximum atomic E-state index is 12.8. The average molecular weight is 421 g/mol. The zero-order chi connectivity index (χ0) is 21.0. The molecule has 3 aromatic carbocycles. The van der Waals surface area contributed by atoms with Crippen LogP contribution in [0.2, 0.25) is 5.02 Å². The van der Waals surface area contributed by atoms with E-state index in [2.05, 4.69) is 0 Å². The highest BCUT2D eigenvalue weighted by Gasteiger charge is 2.30. The normalized spacial score (nSPS) is 11.3. The van der Waals surface area contributed by atoms with E-state index in [1.165, 1.54) is 12.1 Å². The molecule has 0 radical (unpaired) electrons. The molecule has 0 aliphatic carbocycles. The van der Waals surface area contributed by atoms with E-state index in [0.29, 0.717) is 27.5 Å². The molecule has 0 spiro atoms. The van der Waals surface area contributed by atoms with Crippen LogP contribution in [0.25, 0.3) is 11.1 Å². The summed E-state index contributed by atoms with van der Waals surface area (Å²) in [5.41, 5.74) is 1.57. The van der Waals surface area contributed by atoms with Crippen LogP contribution in [0, 0.1) is 0 Å². The molecule has 0 aliphatic heterocycles. The van der Waals surface area contributed by atoms with Crippen molar-refractivity contribution in [3.05, 3.63) is 88.4 Å². The first kappa shape index (κ1) is 20.7. The second-order valence-electron chi connectivity index (χ2n) is 6.39. The van der Waals surface area contributed by atoms with Crippen molar-refractivity contribution in [3.8, 4) is 16.9 Å². The van der Waals surface area contributed by atoms with Crippen molar-refractivity contribution in [2.75, 3.05) is 0 Å². The van der Waals surface area contributed by atoms with Crippen molar-refractivity contribution in [2.45, 2.75) is 19.2 Å². The fourth-order valence-electron chi connectivity index (χ4n) is 2.82. The molecule has 0 saturated heterocycles. The smallest absolute Gasteiger partial charge is 0.416 e. The lowest BCUT2D eigenvalue weighted by atomic mass is 10.00. The molecule has 0 saturated carbocycles. The fraction of sp³-hybridized carbons (Fsp3) is 0.136. The van der Waals surface area contributed by atoms with Gasteiger partial charge in [0.25, 0.3) is 0 Å². The van der Waals surface area contributed by atoms with Gasteiger partial charge in [-0.1, -0.05) is 48.0 Å². The lowest BCUT2D eigenvalue weighted by molar-refractivity contribution is -0.138. The van der Waals surface area contributed by atoms with E-state index in [9.17, 15) is 18.0 Å². The molecule has 0 atom stereocenters. The zero-order valence-corrected chi connectivity index (χ0v) is 15.8. The molecular formula is C22H16ClF3O3. The summed E-state index contributed by atoms with van der Waals surface area (Å²) < 4.78 is 44.2. The van der Waals surface area contributed by atoms with Crippen molar-refractivity contribution >= 4 is 17.6 Å². The topological polar surface area (TPSA) is 46.5 Å². The Morgan fingerprint density at radius 1 is 0.966 bits per heavy atom. The first-order valence-corrected chi connectivity index (χ1v) is 9.00. The third-order valence-electron chi connectivity index (χ3n) is 4.22. The molecule has 150 valence electrons. The molecule has 0 amide bonds. The number of carboxylic acids is 1. The minimum absolute atomic E-state index is 0.169. The van der Waals surface area contributed by atoms with Crippen molar-refractivity contribution in [3.63, 3.8) is 0 Å². The maximum Gasteiger partial charge on any atom is 0.416 e. The summed E-state index contributed by atoms with van der Waals surface area (Å²) in [6.45, 7) is 0.169. The summed E-state index contributed by atoms with van der Waals surface area (Å²) in [4.78, 5) is 11.1. The summed E-state index contributed by atoms with van der Waals surface area (Å²) in [6.07, 6.45) is -4.66. The third-order valence-corrected chi connectivity index (χ3v) is 4.59. The minimum Gasteiger partial charge on any atom is -0.489 e. The highest BCUT2D eigenvalue weighted by molar-refractivity contribution is 6.31. The van der Waals surface area contributed by atoms with E-state index in [-0.39, 0.29) is 13.0 Å². The molecule has 0 aliphatic rings. The van der Waals surface area contributed by atoms with Crippen LogP contribution in [0.4, 0.5) is 13.2 Å². The van der Waals surface area contributed by atoms with Gasteiger partial charge in [0.05, 0.1) is 12.0 Å². The van der Waals surface area contributed by atoms with E-state index >= 15 is 0 Å². The molecule has 0 unspecified atom stereocenters. The van der Waals surface area contributed by atoms with Crippen molar-refractivity contribution < 1.29 is 27.8 Å². The number of ether oxygens (including phenoxy) is 1. The van der Waals surface area contributed by atoms with Gasteiger partial charge in [-0.2, -0.15) is 13.2 Å². The van der Waals surface area contributed by atoms with Crippen LogP contribution < -0.4 is 4.74 Å². The van der Waals surface area contributed by atoms with Gasteiger partial charge in [0.1, 0.15) is 12.4 Å². The Hall–Kier alpha value is -2.99. The first-order chi connectivity index (χ1) is 13.7. The zero-order valence-electron chi connectivity index (χ0n) is 15.0. The molecule has 0 bridgehead atoms. The third kappa shape index (κ3) is 5.51. The molecular weight excluding hydrogens is 405 g/mol. The van der Waals surface area contributed by atoms with Crippen molar-refractivity contribution in [1.82, 2.24) is 0 Å². The summed E-state index contributed by atoms with van der Waals surface area (Å²) in [7, 11) is 0. The van der Waals surface area contributed by atoms with Crippen LogP contribution >= 0.6 is 11.6 Å². The van der Waals surface area contributed by atoms with Gasteiger partial charge in [0, 0.05) is 10.6 Å². The van der Waals surface area contributed by atoms with Gasteiger partial charge in [-0.15, -0.1) is 0 Å². The summed E-state index contributed by atoms with van der Waals surface area (Å²) in [5, 5.41) is 9.65. The Bertz CT molecular complexity index is 1010. The Morgan fingerprint density at radius 2 is 1.66 bits per heavy atom. The molecule has 3 rings (SSSR count). The van der Waals surface area contributed by atoms with Gasteiger partial charge in [0.15, 0.2) is 0 Å². The van der Waals surface area contributed by atoms with Gasteiger partial charge in [0.2, 0.25) is 0 Å². The van der Waals surface area contributed by atoms with E-state index in [0.717, 1.165) is 17.7 Å². The van der Waals surface area contributed by atoms with Crippen LogP contribution in [0.3, 0.4) is 0 Å². The molecule has 7 heteroatoms. The molecule has 0 fully saturated rings. The molecule has 0 aromatic heterocycles. The number of alkyl halides is 3. The molecule has 0 heterocycles. The van der Waals surface area contributed by atoms with E-state index in [1.54, 1.807) is 36.4 Å². The molecule has 3 nitrogen and oxygen atoms in total. The van der Waals surface area contributed by atoms with Crippen molar-refractivity contribution in [1.29, 1.82) is 0 Å². The average Bonchev–Trinajstić information content (AvgIpc) is 2.66. The van der Waals surface area contributed by atoms with E-state index < -0.39 is 17.7 Å². The highest BCUT2D eigenvalue weighted by Crippen LogP contribution is 2.32. The fourth-order valence-corrected chi connectivity index (χ4v) is 3.01. The number of hydrogen-bond donors (Lipinski definition) is 1.